The molecule has 4 nitrogen and oxygen atoms in total. The fourth-order valence-corrected chi connectivity index (χ4v) is 2.86. The molecule has 1 unspecified atom stereocenters. The summed E-state index contributed by atoms with van der Waals surface area (Å²) in [6.07, 6.45) is 1.91. The Kier molecular flexibility index (Phi) is 2.89. The molecule has 0 radical (unpaired) electrons. The van der Waals surface area contributed by atoms with Gasteiger partial charge in [-0.25, -0.2) is 13.8 Å². The summed E-state index contributed by atoms with van der Waals surface area (Å²) in [5.74, 6) is -1.48. The number of piperidine rings is 1. The van der Waals surface area contributed by atoms with Gasteiger partial charge in [0.2, 0.25) is 5.95 Å². The average molecular weight is 266 g/mol. The number of nitrogen functional groups attached to an aromatic ring is 1. The Hall–Kier alpha value is -1.69. The average Bonchev–Trinajstić information content (AvgIpc) is 2.71. The number of hydrogen-bond donors (Lipinski definition) is 1. The van der Waals surface area contributed by atoms with E-state index in [1.54, 1.807) is 4.57 Å². The summed E-state index contributed by atoms with van der Waals surface area (Å²) < 4.78 is 29.1. The molecular weight excluding hydrogens is 250 g/mol. The minimum absolute atomic E-state index is 0.0417. The van der Waals surface area contributed by atoms with Crippen LogP contribution in [0.1, 0.15) is 18.9 Å². The molecule has 102 valence electrons. The van der Waals surface area contributed by atoms with Gasteiger partial charge in [0.05, 0.1) is 5.52 Å². The molecule has 0 aliphatic carbocycles. The van der Waals surface area contributed by atoms with Gasteiger partial charge in [0, 0.05) is 12.6 Å². The van der Waals surface area contributed by atoms with Gasteiger partial charge in [0.15, 0.2) is 11.6 Å². The molecule has 2 heterocycles. The maximum Gasteiger partial charge on any atom is 0.201 e. The van der Waals surface area contributed by atoms with E-state index in [4.69, 9.17) is 5.73 Å². The lowest BCUT2D eigenvalue weighted by atomic mass is 10.1. The maximum absolute atomic E-state index is 14.0. The summed E-state index contributed by atoms with van der Waals surface area (Å²) >= 11 is 0. The molecule has 19 heavy (non-hydrogen) atoms. The monoisotopic (exact) mass is 266 g/mol. The number of fused-ring (bicyclic) bond motifs is 1. The quantitative estimate of drug-likeness (QED) is 0.860. The molecule has 6 heteroatoms. The zero-order valence-corrected chi connectivity index (χ0v) is 10.7. The van der Waals surface area contributed by atoms with Crippen molar-refractivity contribution in [2.45, 2.75) is 18.9 Å². The van der Waals surface area contributed by atoms with Crippen molar-refractivity contribution in [3.63, 3.8) is 0 Å². The molecule has 1 aliphatic heterocycles. The first-order valence-corrected chi connectivity index (χ1v) is 6.38. The third kappa shape index (κ3) is 1.96. The van der Waals surface area contributed by atoms with E-state index >= 15 is 0 Å². The van der Waals surface area contributed by atoms with Crippen molar-refractivity contribution in [2.24, 2.45) is 0 Å². The number of nitrogens with zero attached hydrogens (tertiary/aromatic N) is 3. The van der Waals surface area contributed by atoms with E-state index in [2.05, 4.69) is 9.88 Å². The molecule has 1 fully saturated rings. The summed E-state index contributed by atoms with van der Waals surface area (Å²) in [5, 5.41) is 0. The van der Waals surface area contributed by atoms with Crippen LogP contribution in [0.4, 0.5) is 14.7 Å². The standard InChI is InChI=1S/C13H16F2N4/c1-18-6-2-3-8(7-18)19-12-10(17-13(19)16)5-4-9(14)11(12)15/h4-5,8H,2-3,6-7H2,1H3,(H2,16,17). The number of aromatic nitrogens is 2. The predicted octanol–water partition coefficient (Wildman–Crippen LogP) is 2.16. The Balaban J connectivity index is 2.16. The molecule has 2 N–H and O–H groups in total. The van der Waals surface area contributed by atoms with Gasteiger partial charge in [-0.2, -0.15) is 0 Å². The molecule has 2 aromatic rings. The van der Waals surface area contributed by atoms with E-state index in [-0.39, 0.29) is 17.5 Å². The number of hydrogen-bond acceptors (Lipinski definition) is 3. The SMILES string of the molecule is CN1CCCC(n2c(N)nc3ccc(F)c(F)c32)C1. The lowest BCUT2D eigenvalue weighted by molar-refractivity contribution is 0.215. The van der Waals surface area contributed by atoms with Crippen LogP contribution in [-0.2, 0) is 0 Å². The summed E-state index contributed by atoms with van der Waals surface area (Å²) in [7, 11) is 2.01. The van der Waals surface area contributed by atoms with E-state index in [9.17, 15) is 8.78 Å². The van der Waals surface area contributed by atoms with Crippen LogP contribution < -0.4 is 5.73 Å². The minimum Gasteiger partial charge on any atom is -0.369 e. The first-order chi connectivity index (χ1) is 9.08. The fraction of sp³-hybridized carbons (Fsp3) is 0.462. The van der Waals surface area contributed by atoms with E-state index in [0.717, 1.165) is 32.0 Å². The molecule has 0 bridgehead atoms. The smallest absolute Gasteiger partial charge is 0.201 e. The highest BCUT2D eigenvalue weighted by atomic mass is 19.2. The van der Waals surface area contributed by atoms with E-state index in [1.165, 1.54) is 6.07 Å². The number of halogens is 2. The zero-order valence-electron chi connectivity index (χ0n) is 10.7. The van der Waals surface area contributed by atoms with Gasteiger partial charge in [-0.15, -0.1) is 0 Å². The molecule has 1 atom stereocenters. The van der Waals surface area contributed by atoms with Gasteiger partial charge in [-0.05, 0) is 38.6 Å². The Morgan fingerprint density at radius 1 is 1.37 bits per heavy atom. The van der Waals surface area contributed by atoms with Gasteiger partial charge in [-0.1, -0.05) is 0 Å². The predicted molar refractivity (Wildman–Crippen MR) is 69.8 cm³/mol. The van der Waals surface area contributed by atoms with Crippen LogP contribution in [-0.4, -0.2) is 34.6 Å². The minimum atomic E-state index is -0.866. The van der Waals surface area contributed by atoms with Crippen LogP contribution >= 0.6 is 0 Å². The van der Waals surface area contributed by atoms with Crippen LogP contribution in [0.25, 0.3) is 11.0 Å². The second kappa shape index (κ2) is 4.45. The number of likely N-dealkylation sites (tertiary alicyclic amines) is 1. The third-order valence-electron chi connectivity index (χ3n) is 3.74. The molecule has 0 saturated carbocycles. The van der Waals surface area contributed by atoms with Crippen LogP contribution in [0, 0.1) is 11.6 Å². The van der Waals surface area contributed by atoms with Crippen molar-refractivity contribution in [3.05, 3.63) is 23.8 Å². The van der Waals surface area contributed by atoms with Gasteiger partial charge in [-0.3, -0.25) is 0 Å². The van der Waals surface area contributed by atoms with Gasteiger partial charge >= 0.3 is 0 Å². The van der Waals surface area contributed by atoms with Crippen molar-refractivity contribution in [1.29, 1.82) is 0 Å². The Morgan fingerprint density at radius 3 is 2.89 bits per heavy atom. The first kappa shape index (κ1) is 12.3. The maximum atomic E-state index is 14.0. The van der Waals surface area contributed by atoms with Crippen LogP contribution in [0.3, 0.4) is 0 Å². The summed E-state index contributed by atoms with van der Waals surface area (Å²) in [5.41, 5.74) is 6.48. The van der Waals surface area contributed by atoms with E-state index < -0.39 is 11.6 Å². The summed E-state index contributed by atoms with van der Waals surface area (Å²) in [6.45, 7) is 1.78. The highest BCUT2D eigenvalue weighted by Gasteiger charge is 2.25. The molecule has 0 amide bonds. The van der Waals surface area contributed by atoms with Crippen molar-refractivity contribution < 1.29 is 8.78 Å². The van der Waals surface area contributed by atoms with Gasteiger partial charge in [0.1, 0.15) is 5.52 Å². The molecular formula is C13H16F2N4. The number of anilines is 1. The first-order valence-electron chi connectivity index (χ1n) is 6.38. The van der Waals surface area contributed by atoms with E-state index in [0.29, 0.717) is 5.52 Å². The van der Waals surface area contributed by atoms with Gasteiger partial charge < -0.3 is 15.2 Å². The molecule has 1 aromatic heterocycles. The number of benzene rings is 1. The number of imidazole rings is 1. The van der Waals surface area contributed by atoms with Crippen LogP contribution in [0.15, 0.2) is 12.1 Å². The second-order valence-electron chi connectivity index (χ2n) is 5.13. The van der Waals surface area contributed by atoms with Crippen molar-refractivity contribution >= 4 is 17.0 Å². The molecule has 1 saturated heterocycles. The van der Waals surface area contributed by atoms with Gasteiger partial charge in [0.25, 0.3) is 0 Å². The second-order valence-corrected chi connectivity index (χ2v) is 5.13. The summed E-state index contributed by atoms with van der Waals surface area (Å²) in [6, 6.07) is 2.59. The highest BCUT2D eigenvalue weighted by Crippen LogP contribution is 2.30. The normalized spacial score (nSPS) is 21.1. The Bertz CT molecular complexity index is 623. The molecule has 1 aromatic carbocycles. The lowest BCUT2D eigenvalue weighted by Crippen LogP contribution is -2.34. The highest BCUT2D eigenvalue weighted by molar-refractivity contribution is 5.79. The molecule has 1 aliphatic rings. The molecule has 0 spiro atoms. The van der Waals surface area contributed by atoms with Crippen LogP contribution in [0.5, 0.6) is 0 Å². The Morgan fingerprint density at radius 2 is 2.16 bits per heavy atom. The zero-order chi connectivity index (χ0) is 13.6. The third-order valence-corrected chi connectivity index (χ3v) is 3.74. The number of likely N-dealkylation sites (N-methyl/N-ethyl adjacent to an activating group) is 1. The van der Waals surface area contributed by atoms with Crippen LogP contribution in [0.2, 0.25) is 0 Å². The number of nitrogens with two attached hydrogens (primary N) is 1. The fourth-order valence-electron chi connectivity index (χ4n) is 2.86. The van der Waals surface area contributed by atoms with E-state index in [1.807, 2.05) is 7.05 Å². The summed E-state index contributed by atoms with van der Waals surface area (Å²) in [4.78, 5) is 6.29. The topological polar surface area (TPSA) is 47.1 Å². The molecule has 3 rings (SSSR count). The Labute approximate surface area is 109 Å². The number of rotatable bonds is 1. The van der Waals surface area contributed by atoms with Crippen molar-refractivity contribution in [3.8, 4) is 0 Å². The largest absolute Gasteiger partial charge is 0.369 e. The van der Waals surface area contributed by atoms with Crippen molar-refractivity contribution in [1.82, 2.24) is 14.5 Å². The lowest BCUT2D eigenvalue weighted by Gasteiger charge is -2.31. The van der Waals surface area contributed by atoms with Crippen molar-refractivity contribution in [2.75, 3.05) is 25.9 Å².